The first-order chi connectivity index (χ1) is 22.7. The Morgan fingerprint density at radius 2 is 1.64 bits per heavy atom. The van der Waals surface area contributed by atoms with Gasteiger partial charge in [0.05, 0.1) is 17.8 Å². The largest absolute Gasteiger partial charge is 0.449 e. The molecule has 1 saturated heterocycles. The van der Waals surface area contributed by atoms with Crippen LogP contribution in [0, 0.1) is 39.4 Å². The van der Waals surface area contributed by atoms with Crippen LogP contribution in [0.1, 0.15) is 94.9 Å². The van der Waals surface area contributed by atoms with Gasteiger partial charge in [0.25, 0.3) is 0 Å². The van der Waals surface area contributed by atoms with Crippen LogP contribution >= 0.6 is 0 Å². The molecule has 0 radical (unpaired) electrons. The smallest absolute Gasteiger partial charge is 0.303 e. The molecule has 5 rings (SSSR count). The molecule has 4 aliphatic carbocycles. The van der Waals surface area contributed by atoms with E-state index in [0.29, 0.717) is 6.42 Å². The number of Topliss-reactive ketones (excluding diaryl/α,β-unsaturated/α-hetero) is 3. The van der Waals surface area contributed by atoms with Crippen molar-refractivity contribution in [2.24, 2.45) is 39.4 Å². The number of carbonyl (C=O) groups excluding carboxylic acids is 5. The van der Waals surface area contributed by atoms with Crippen molar-refractivity contribution >= 4 is 29.1 Å². The highest BCUT2D eigenvalue weighted by molar-refractivity contribution is 5.98. The molecule has 50 heavy (non-hydrogen) atoms. The Bertz CT molecular complexity index is 1530. The number of allylic oxidation sites excluding steroid dienone is 2. The van der Waals surface area contributed by atoms with Gasteiger partial charge in [-0.25, -0.2) is 0 Å². The molecule has 278 valence electrons. The first-order valence-corrected chi connectivity index (χ1v) is 17.6. The molecule has 0 aromatic heterocycles. The van der Waals surface area contributed by atoms with Gasteiger partial charge in [-0.05, 0) is 89.5 Å². The van der Waals surface area contributed by atoms with Gasteiger partial charge >= 0.3 is 5.97 Å². The number of aliphatic hydroxyl groups excluding tert-OH is 2. The third-order valence-corrected chi connectivity index (χ3v) is 13.3. The Hall–Kier alpha value is -2.61. The summed E-state index contributed by atoms with van der Waals surface area (Å²) in [6.45, 7) is 16.2. The van der Waals surface area contributed by atoms with Gasteiger partial charge in [0, 0.05) is 30.1 Å². The molecule has 0 bridgehead atoms. The van der Waals surface area contributed by atoms with Crippen LogP contribution in [-0.4, -0.2) is 97.5 Å². The number of aliphatic hydroxyl groups is 4. The van der Waals surface area contributed by atoms with Crippen LogP contribution in [0.2, 0.25) is 0 Å². The normalized spacial score (nSPS) is 44.2. The number of esters is 1. The number of hydrogen-bond acceptors (Lipinski definition) is 12. The predicted molar refractivity (Wildman–Crippen MR) is 178 cm³/mol. The molecular formula is C38H54O12. The molecule has 12 nitrogen and oxygen atoms in total. The monoisotopic (exact) mass is 702 g/mol. The van der Waals surface area contributed by atoms with E-state index in [0.717, 1.165) is 18.6 Å². The highest BCUT2D eigenvalue weighted by Crippen LogP contribution is 2.74. The lowest BCUT2D eigenvalue weighted by Gasteiger charge is -2.64. The number of carbonyl (C=O) groups is 5. The second-order valence-electron chi connectivity index (χ2n) is 17.4. The molecule has 13 atom stereocenters. The summed E-state index contributed by atoms with van der Waals surface area (Å²) >= 11 is 0. The van der Waals surface area contributed by atoms with Crippen LogP contribution in [0.3, 0.4) is 0 Å². The summed E-state index contributed by atoms with van der Waals surface area (Å²) in [7, 11) is 0. The van der Waals surface area contributed by atoms with Crippen molar-refractivity contribution in [1.82, 2.24) is 0 Å². The van der Waals surface area contributed by atoms with E-state index in [1.807, 2.05) is 26.8 Å². The fourth-order valence-electron chi connectivity index (χ4n) is 10.5. The van der Waals surface area contributed by atoms with Crippen LogP contribution in [0.15, 0.2) is 23.8 Å². The lowest BCUT2D eigenvalue weighted by Crippen LogP contribution is -2.65. The zero-order valence-electron chi connectivity index (χ0n) is 30.8. The van der Waals surface area contributed by atoms with Crippen molar-refractivity contribution in [1.29, 1.82) is 0 Å². The summed E-state index contributed by atoms with van der Waals surface area (Å²) in [5, 5.41) is 44.1. The van der Waals surface area contributed by atoms with Crippen LogP contribution < -0.4 is 0 Å². The minimum absolute atomic E-state index is 0.0686. The molecule has 3 saturated carbocycles. The molecule has 0 spiro atoms. The van der Waals surface area contributed by atoms with E-state index in [1.165, 1.54) is 33.8 Å². The fraction of sp³-hybridized carbons (Fsp3) is 0.763. The van der Waals surface area contributed by atoms with E-state index >= 15 is 0 Å². The van der Waals surface area contributed by atoms with Crippen LogP contribution in [0.5, 0.6) is 0 Å². The molecular weight excluding hydrogens is 648 g/mol. The molecule has 4 fully saturated rings. The van der Waals surface area contributed by atoms with E-state index in [2.05, 4.69) is 0 Å². The van der Waals surface area contributed by atoms with Gasteiger partial charge in [0.1, 0.15) is 23.6 Å². The molecule has 8 unspecified atom stereocenters. The molecule has 0 aromatic carbocycles. The van der Waals surface area contributed by atoms with Crippen LogP contribution in [0.4, 0.5) is 0 Å². The topological polar surface area (TPSA) is 194 Å². The van der Waals surface area contributed by atoms with E-state index < -0.39 is 99.0 Å². The van der Waals surface area contributed by atoms with Gasteiger partial charge in [0.2, 0.25) is 18.2 Å². The number of rotatable bonds is 7. The molecule has 1 aliphatic heterocycles. The second-order valence-corrected chi connectivity index (χ2v) is 17.4. The van der Waals surface area contributed by atoms with Crippen molar-refractivity contribution in [2.75, 3.05) is 0 Å². The molecule has 5 aliphatic rings. The maximum Gasteiger partial charge on any atom is 0.303 e. The van der Waals surface area contributed by atoms with Gasteiger partial charge in [-0.15, -0.1) is 0 Å². The van der Waals surface area contributed by atoms with Crippen molar-refractivity contribution < 1.29 is 58.6 Å². The zero-order valence-corrected chi connectivity index (χ0v) is 30.8. The molecule has 1 heterocycles. The third-order valence-electron chi connectivity index (χ3n) is 13.3. The standard InChI is InChI=1S/C38H54O12/c1-18-27(43)28(44)29(49-19(2)39)32(48-18)50-23-16-35(7)24-12-11-20-21(15-22(40)31(45)34(20,5)6)37(24,9)26(42)17-36(35,8)30(23)38(10,47)25(41)13-14-33(3,4)46/h11,13-14,18,21-24,27,29-30,32,40,43,46-47H,12,15-17H2,1-10H3/b14-13+/t18?,21-,22?,23?,24-,27?,29?,30?,32?,35-,36+,37+,38?/m0/s1. The quantitative estimate of drug-likeness (QED) is 0.172. The van der Waals surface area contributed by atoms with Gasteiger partial charge in [-0.2, -0.15) is 0 Å². The van der Waals surface area contributed by atoms with Crippen molar-refractivity contribution in [3.63, 3.8) is 0 Å². The van der Waals surface area contributed by atoms with Crippen molar-refractivity contribution in [2.45, 2.75) is 143 Å². The predicted octanol–water partition coefficient (Wildman–Crippen LogP) is 2.56. The second kappa shape index (κ2) is 12.2. The maximum atomic E-state index is 14.8. The lowest BCUT2D eigenvalue weighted by molar-refractivity contribution is -0.274. The number of ether oxygens (including phenoxy) is 3. The molecule has 12 heteroatoms. The van der Waals surface area contributed by atoms with Gasteiger partial charge in [-0.3, -0.25) is 24.0 Å². The van der Waals surface area contributed by atoms with Crippen LogP contribution in [0.25, 0.3) is 0 Å². The summed E-state index contributed by atoms with van der Waals surface area (Å²) in [5.74, 6) is -4.63. The Balaban J connectivity index is 1.65. The maximum absolute atomic E-state index is 14.8. The number of fused-ring (bicyclic) bond motifs is 5. The minimum Gasteiger partial charge on any atom is -0.449 e. The van der Waals surface area contributed by atoms with Crippen molar-refractivity contribution in [3.05, 3.63) is 23.8 Å². The first-order valence-electron chi connectivity index (χ1n) is 17.6. The Labute approximate surface area is 293 Å². The summed E-state index contributed by atoms with van der Waals surface area (Å²) in [6, 6.07) is 0. The van der Waals surface area contributed by atoms with Gasteiger partial charge in [-0.1, -0.05) is 38.5 Å². The summed E-state index contributed by atoms with van der Waals surface area (Å²) in [6.07, 6.45) is -2.96. The number of ketones is 4. The summed E-state index contributed by atoms with van der Waals surface area (Å²) < 4.78 is 17.8. The molecule has 4 N–H and O–H groups in total. The summed E-state index contributed by atoms with van der Waals surface area (Å²) in [5.41, 5.74) is -6.58. The lowest BCUT2D eigenvalue weighted by atomic mass is 9.38. The van der Waals surface area contributed by atoms with Crippen LogP contribution in [-0.2, 0) is 38.2 Å². The average Bonchev–Trinajstić information content (AvgIpc) is 3.21. The van der Waals surface area contributed by atoms with Gasteiger partial charge in [0.15, 0.2) is 11.6 Å². The Morgan fingerprint density at radius 1 is 1.02 bits per heavy atom. The highest BCUT2D eigenvalue weighted by Gasteiger charge is 2.75. The SMILES string of the molecule is CC(=O)OC1C(=O)C(O)C(C)OC1OC1C[C@@]2(C)[C@@H]3CC=C4[C@H](CC(O)C(=O)C4(C)C)[C@@]3(C)C(=O)C[C@]2(C)C1C(C)(O)C(=O)/C=C/C(C)(C)O. The van der Waals surface area contributed by atoms with E-state index in [9.17, 15) is 44.4 Å². The van der Waals surface area contributed by atoms with E-state index in [4.69, 9.17) is 14.2 Å². The highest BCUT2D eigenvalue weighted by atomic mass is 16.7. The van der Waals surface area contributed by atoms with Crippen molar-refractivity contribution in [3.8, 4) is 0 Å². The van der Waals surface area contributed by atoms with E-state index in [-0.39, 0.29) is 36.7 Å². The molecule has 0 amide bonds. The van der Waals surface area contributed by atoms with E-state index in [1.54, 1.807) is 13.8 Å². The third kappa shape index (κ3) is 5.69. The Morgan fingerprint density at radius 3 is 2.22 bits per heavy atom. The summed E-state index contributed by atoms with van der Waals surface area (Å²) in [4.78, 5) is 67.1. The van der Waals surface area contributed by atoms with Gasteiger partial charge < -0.3 is 34.6 Å². The molecule has 0 aromatic rings. The fourth-order valence-corrected chi connectivity index (χ4v) is 10.5. The average molecular weight is 703 g/mol. The number of hydrogen-bond donors (Lipinski definition) is 4. The zero-order chi connectivity index (χ0) is 37.7. The minimum atomic E-state index is -2.17. The first kappa shape index (κ1) is 38.6. The Kier molecular flexibility index (Phi) is 9.45.